The third-order valence-corrected chi connectivity index (χ3v) is 4.07. The predicted molar refractivity (Wildman–Crippen MR) is 103 cm³/mol. The molecule has 0 aliphatic rings. The molecule has 0 aliphatic carbocycles. The van der Waals surface area contributed by atoms with Gasteiger partial charge in [0.05, 0.1) is 18.0 Å². The van der Waals surface area contributed by atoms with Crippen molar-refractivity contribution in [2.75, 3.05) is 6.26 Å². The monoisotopic (exact) mass is 448 g/mol. The van der Waals surface area contributed by atoms with Gasteiger partial charge in [0.2, 0.25) is 15.9 Å². The molecule has 1 amide bonds. The van der Waals surface area contributed by atoms with E-state index >= 15 is 0 Å². The molecule has 0 atom stereocenters. The second-order valence-electron chi connectivity index (χ2n) is 7.09. The molecule has 0 unspecified atom stereocenters. The molecular formula is C18H19ClF2N2O5S. The summed E-state index contributed by atoms with van der Waals surface area (Å²) in [5.41, 5.74) is -1.44. The van der Waals surface area contributed by atoms with Gasteiger partial charge in [0.1, 0.15) is 34.6 Å². The van der Waals surface area contributed by atoms with Gasteiger partial charge in [0.25, 0.3) is 5.91 Å². The highest BCUT2D eigenvalue weighted by molar-refractivity contribution is 7.89. The van der Waals surface area contributed by atoms with Crippen molar-refractivity contribution in [1.82, 2.24) is 9.71 Å². The highest BCUT2D eigenvalue weighted by Crippen LogP contribution is 2.29. The Morgan fingerprint density at radius 1 is 1.21 bits per heavy atom. The minimum Gasteiger partial charge on any atom is -0.487 e. The number of ether oxygens (including phenoxy) is 2. The van der Waals surface area contributed by atoms with Crippen LogP contribution >= 0.6 is 11.6 Å². The highest BCUT2D eigenvalue weighted by atomic mass is 35.5. The number of carbonyl (C=O) groups is 1. The molecule has 1 aromatic heterocycles. The molecule has 0 bridgehead atoms. The lowest BCUT2D eigenvalue weighted by atomic mass is 10.1. The number of aromatic nitrogens is 1. The standard InChI is InChI=1S/C18H19ClF2N2O5S/c1-18(2,3)28-17-13(19)6-11(8-22-17)27-9-10-5-15(21)12(7-14(10)20)16(24)23-29(4,25)26/h5-8H,9H2,1-4H3,(H,23,24). The maximum Gasteiger partial charge on any atom is 0.267 e. The molecule has 0 saturated heterocycles. The van der Waals surface area contributed by atoms with Gasteiger partial charge in [-0.15, -0.1) is 0 Å². The summed E-state index contributed by atoms with van der Waals surface area (Å²) in [5.74, 6) is -2.94. The van der Waals surface area contributed by atoms with E-state index in [0.717, 1.165) is 12.3 Å². The van der Waals surface area contributed by atoms with Crippen molar-refractivity contribution < 1.29 is 31.5 Å². The molecular weight excluding hydrogens is 430 g/mol. The number of nitrogens with zero attached hydrogens (tertiary/aromatic N) is 1. The fourth-order valence-corrected chi connectivity index (χ4v) is 2.75. The zero-order valence-electron chi connectivity index (χ0n) is 16.0. The van der Waals surface area contributed by atoms with Crippen LogP contribution in [0.25, 0.3) is 0 Å². The second-order valence-corrected chi connectivity index (χ2v) is 9.24. The van der Waals surface area contributed by atoms with E-state index in [4.69, 9.17) is 21.1 Å². The Kier molecular flexibility index (Phi) is 6.69. The molecule has 11 heteroatoms. The predicted octanol–water partition coefficient (Wildman–Crippen LogP) is 3.46. The first kappa shape index (κ1) is 22.8. The number of halogens is 3. The zero-order chi connectivity index (χ0) is 22.0. The Hall–Kier alpha value is -2.46. The van der Waals surface area contributed by atoms with Crippen LogP contribution in [-0.2, 0) is 16.6 Å². The Morgan fingerprint density at radius 3 is 2.41 bits per heavy atom. The lowest BCUT2D eigenvalue weighted by molar-refractivity contribution is 0.0977. The van der Waals surface area contributed by atoms with E-state index in [0.29, 0.717) is 6.07 Å². The maximum atomic E-state index is 14.2. The summed E-state index contributed by atoms with van der Waals surface area (Å²) < 4.78 is 63.0. The molecule has 1 aromatic carbocycles. The van der Waals surface area contributed by atoms with Crippen molar-refractivity contribution >= 4 is 27.5 Å². The lowest BCUT2D eigenvalue weighted by Crippen LogP contribution is -2.30. The fraction of sp³-hybridized carbons (Fsp3) is 0.333. The first-order valence-corrected chi connectivity index (χ1v) is 10.5. The van der Waals surface area contributed by atoms with Gasteiger partial charge >= 0.3 is 0 Å². The van der Waals surface area contributed by atoms with Gasteiger partial charge in [0.15, 0.2) is 0 Å². The average Bonchev–Trinajstić information content (AvgIpc) is 2.54. The van der Waals surface area contributed by atoms with E-state index in [2.05, 4.69) is 4.98 Å². The fourth-order valence-electron chi connectivity index (χ4n) is 2.11. The molecule has 158 valence electrons. The van der Waals surface area contributed by atoms with Gasteiger partial charge in [-0.05, 0) is 32.9 Å². The first-order chi connectivity index (χ1) is 13.2. The molecule has 7 nitrogen and oxygen atoms in total. The Labute approximate surface area is 172 Å². The summed E-state index contributed by atoms with van der Waals surface area (Å²) in [4.78, 5) is 15.8. The van der Waals surface area contributed by atoms with Crippen molar-refractivity contribution in [3.05, 3.63) is 52.2 Å². The third kappa shape index (κ3) is 6.82. The largest absolute Gasteiger partial charge is 0.487 e. The van der Waals surface area contributed by atoms with Crippen molar-refractivity contribution in [3.8, 4) is 11.6 Å². The average molecular weight is 449 g/mol. The molecule has 0 fully saturated rings. The minimum atomic E-state index is -3.92. The van der Waals surface area contributed by atoms with Crippen LogP contribution in [-0.4, -0.2) is 31.2 Å². The van der Waals surface area contributed by atoms with Crippen LogP contribution in [0.2, 0.25) is 5.02 Å². The van der Waals surface area contributed by atoms with E-state index < -0.39 is 38.7 Å². The first-order valence-electron chi connectivity index (χ1n) is 8.22. The Morgan fingerprint density at radius 2 is 1.86 bits per heavy atom. The normalized spacial score (nSPS) is 11.8. The summed E-state index contributed by atoms with van der Waals surface area (Å²) in [7, 11) is -3.92. The van der Waals surface area contributed by atoms with Crippen molar-refractivity contribution in [3.63, 3.8) is 0 Å². The van der Waals surface area contributed by atoms with Gasteiger partial charge in [0, 0.05) is 11.6 Å². The number of pyridine rings is 1. The number of amides is 1. The minimum absolute atomic E-state index is 0.178. The molecule has 1 N–H and O–H groups in total. The van der Waals surface area contributed by atoms with Crippen molar-refractivity contribution in [2.45, 2.75) is 33.0 Å². The summed E-state index contributed by atoms with van der Waals surface area (Å²) in [6.07, 6.45) is 2.04. The molecule has 0 radical (unpaired) electrons. The Balaban J connectivity index is 2.14. The summed E-state index contributed by atoms with van der Waals surface area (Å²) in [6, 6.07) is 2.76. The third-order valence-electron chi connectivity index (χ3n) is 3.24. The lowest BCUT2D eigenvalue weighted by Gasteiger charge is -2.21. The van der Waals surface area contributed by atoms with Crippen LogP contribution < -0.4 is 14.2 Å². The quantitative estimate of drug-likeness (QED) is 0.727. The summed E-state index contributed by atoms with van der Waals surface area (Å²) in [6.45, 7) is 5.10. The van der Waals surface area contributed by atoms with E-state index in [1.807, 2.05) is 20.8 Å². The molecule has 0 aliphatic heterocycles. The molecule has 2 rings (SSSR count). The zero-order valence-corrected chi connectivity index (χ0v) is 17.6. The van der Waals surface area contributed by atoms with Gasteiger partial charge in [-0.25, -0.2) is 26.9 Å². The molecule has 0 spiro atoms. The topological polar surface area (TPSA) is 94.6 Å². The summed E-state index contributed by atoms with van der Waals surface area (Å²) in [5, 5.41) is 0.178. The summed E-state index contributed by atoms with van der Waals surface area (Å²) >= 11 is 6.09. The van der Waals surface area contributed by atoms with Crippen LogP contribution in [0.5, 0.6) is 11.6 Å². The van der Waals surface area contributed by atoms with Crippen LogP contribution in [0.15, 0.2) is 24.4 Å². The van der Waals surface area contributed by atoms with Crippen molar-refractivity contribution in [1.29, 1.82) is 0 Å². The Bertz CT molecular complexity index is 1040. The van der Waals surface area contributed by atoms with Crippen LogP contribution in [0.3, 0.4) is 0 Å². The number of hydrogen-bond acceptors (Lipinski definition) is 6. The number of sulfonamides is 1. The van der Waals surface area contributed by atoms with Crippen LogP contribution in [0.1, 0.15) is 36.7 Å². The van der Waals surface area contributed by atoms with Crippen LogP contribution in [0, 0.1) is 11.6 Å². The van der Waals surface area contributed by atoms with Gasteiger partial charge < -0.3 is 9.47 Å². The number of hydrogen-bond donors (Lipinski definition) is 1. The number of carbonyl (C=O) groups excluding carboxylic acids is 1. The molecule has 0 saturated carbocycles. The van der Waals surface area contributed by atoms with E-state index in [1.165, 1.54) is 12.3 Å². The maximum absolute atomic E-state index is 14.2. The number of nitrogens with one attached hydrogen (secondary N) is 1. The molecule has 2 aromatic rings. The van der Waals surface area contributed by atoms with E-state index in [-0.39, 0.29) is 28.8 Å². The van der Waals surface area contributed by atoms with Gasteiger partial charge in [-0.2, -0.15) is 0 Å². The smallest absolute Gasteiger partial charge is 0.267 e. The highest BCUT2D eigenvalue weighted by Gasteiger charge is 2.20. The molecule has 29 heavy (non-hydrogen) atoms. The van der Waals surface area contributed by atoms with Crippen LogP contribution in [0.4, 0.5) is 8.78 Å². The number of benzene rings is 1. The molecule has 1 heterocycles. The SMILES string of the molecule is CC(C)(C)Oc1ncc(OCc2cc(F)c(C(=O)NS(C)(=O)=O)cc2F)cc1Cl. The van der Waals surface area contributed by atoms with Gasteiger partial charge in [-0.3, -0.25) is 4.79 Å². The van der Waals surface area contributed by atoms with E-state index in [9.17, 15) is 22.0 Å². The van der Waals surface area contributed by atoms with E-state index in [1.54, 1.807) is 4.72 Å². The second kappa shape index (κ2) is 8.50. The van der Waals surface area contributed by atoms with Crippen molar-refractivity contribution in [2.24, 2.45) is 0 Å². The van der Waals surface area contributed by atoms with Gasteiger partial charge in [-0.1, -0.05) is 11.6 Å². The number of rotatable bonds is 6.